The van der Waals surface area contributed by atoms with Gasteiger partial charge in [-0.15, -0.1) is 11.3 Å². The fraction of sp³-hybridized carbons (Fsp3) is 0. The Hall–Kier alpha value is -0.750. The SMILES string of the molecule is N#Cc1c(Cl)cc2ccsc2c1Cl. The second kappa shape index (κ2) is 3.19. The third-order valence-corrected chi connectivity index (χ3v) is 3.48. The minimum Gasteiger partial charge on any atom is -0.192 e. The van der Waals surface area contributed by atoms with E-state index in [0.717, 1.165) is 10.1 Å². The highest BCUT2D eigenvalue weighted by Gasteiger charge is 2.10. The van der Waals surface area contributed by atoms with Gasteiger partial charge in [-0.2, -0.15) is 5.26 Å². The van der Waals surface area contributed by atoms with E-state index < -0.39 is 0 Å². The van der Waals surface area contributed by atoms with Crippen molar-refractivity contribution < 1.29 is 0 Å². The molecule has 13 heavy (non-hydrogen) atoms. The molecular weight excluding hydrogens is 225 g/mol. The summed E-state index contributed by atoms with van der Waals surface area (Å²) in [6.07, 6.45) is 0. The average molecular weight is 228 g/mol. The van der Waals surface area contributed by atoms with Gasteiger partial charge in [0, 0.05) is 0 Å². The van der Waals surface area contributed by atoms with Gasteiger partial charge in [0.05, 0.1) is 20.3 Å². The Morgan fingerprint density at radius 1 is 1.38 bits per heavy atom. The molecule has 0 aliphatic carbocycles. The third-order valence-electron chi connectivity index (χ3n) is 1.75. The number of fused-ring (bicyclic) bond motifs is 1. The van der Waals surface area contributed by atoms with Crippen molar-refractivity contribution in [1.82, 2.24) is 0 Å². The summed E-state index contributed by atoms with van der Waals surface area (Å²) < 4.78 is 0.919. The predicted octanol–water partition coefficient (Wildman–Crippen LogP) is 4.08. The minimum absolute atomic E-state index is 0.360. The molecule has 0 bridgehead atoms. The van der Waals surface area contributed by atoms with Crippen LogP contribution >= 0.6 is 34.5 Å². The number of rotatable bonds is 0. The van der Waals surface area contributed by atoms with Crippen molar-refractivity contribution in [2.24, 2.45) is 0 Å². The molecule has 2 aromatic rings. The first kappa shape index (κ1) is 8.83. The first-order valence-corrected chi connectivity index (χ1v) is 5.13. The van der Waals surface area contributed by atoms with Crippen LogP contribution in [0.3, 0.4) is 0 Å². The van der Waals surface area contributed by atoms with E-state index in [0.29, 0.717) is 15.6 Å². The van der Waals surface area contributed by atoms with Gasteiger partial charge >= 0.3 is 0 Å². The molecule has 1 aromatic carbocycles. The molecule has 1 nitrogen and oxygen atoms in total. The van der Waals surface area contributed by atoms with Crippen molar-refractivity contribution in [1.29, 1.82) is 5.26 Å². The molecule has 0 spiro atoms. The molecule has 1 aromatic heterocycles. The number of nitrogens with zero attached hydrogens (tertiary/aromatic N) is 1. The zero-order valence-electron chi connectivity index (χ0n) is 6.34. The highest BCUT2D eigenvalue weighted by Crippen LogP contribution is 2.35. The molecule has 64 valence electrons. The van der Waals surface area contributed by atoms with E-state index in [-0.39, 0.29) is 0 Å². The van der Waals surface area contributed by atoms with Gasteiger partial charge in [0.2, 0.25) is 0 Å². The molecule has 0 aliphatic heterocycles. The van der Waals surface area contributed by atoms with Crippen LogP contribution in [0.25, 0.3) is 10.1 Å². The van der Waals surface area contributed by atoms with Gasteiger partial charge in [-0.3, -0.25) is 0 Å². The van der Waals surface area contributed by atoms with Gasteiger partial charge in [-0.25, -0.2) is 0 Å². The van der Waals surface area contributed by atoms with Crippen molar-refractivity contribution >= 4 is 44.6 Å². The molecule has 0 amide bonds. The summed E-state index contributed by atoms with van der Waals surface area (Å²) in [5, 5.41) is 12.6. The molecule has 2 rings (SSSR count). The monoisotopic (exact) mass is 227 g/mol. The Balaban J connectivity index is 2.95. The van der Waals surface area contributed by atoms with Crippen LogP contribution in [-0.4, -0.2) is 0 Å². The van der Waals surface area contributed by atoms with E-state index >= 15 is 0 Å². The molecule has 0 unspecified atom stereocenters. The summed E-state index contributed by atoms with van der Waals surface area (Å²) in [6.45, 7) is 0. The van der Waals surface area contributed by atoms with Crippen LogP contribution in [-0.2, 0) is 0 Å². The lowest BCUT2D eigenvalue weighted by molar-refractivity contribution is 1.50. The summed E-state index contributed by atoms with van der Waals surface area (Å²) in [5.41, 5.74) is 0.360. The number of benzene rings is 1. The second-order valence-electron chi connectivity index (χ2n) is 2.50. The van der Waals surface area contributed by atoms with E-state index in [4.69, 9.17) is 28.5 Å². The van der Waals surface area contributed by atoms with Gasteiger partial charge in [0.25, 0.3) is 0 Å². The normalized spacial score (nSPS) is 10.2. The lowest BCUT2D eigenvalue weighted by Crippen LogP contribution is -1.79. The minimum atomic E-state index is 0.360. The second-order valence-corrected chi connectivity index (χ2v) is 4.20. The average Bonchev–Trinajstić information content (AvgIpc) is 2.53. The van der Waals surface area contributed by atoms with E-state index in [1.54, 1.807) is 6.07 Å². The zero-order chi connectivity index (χ0) is 9.42. The first-order valence-electron chi connectivity index (χ1n) is 3.49. The number of hydrogen-bond donors (Lipinski definition) is 0. The molecule has 0 saturated heterocycles. The highest BCUT2D eigenvalue weighted by molar-refractivity contribution is 7.17. The summed E-state index contributed by atoms with van der Waals surface area (Å²) in [7, 11) is 0. The van der Waals surface area contributed by atoms with E-state index in [1.807, 2.05) is 17.5 Å². The van der Waals surface area contributed by atoms with Crippen LogP contribution in [0.5, 0.6) is 0 Å². The largest absolute Gasteiger partial charge is 0.192 e. The summed E-state index contributed by atoms with van der Waals surface area (Å²) in [5.74, 6) is 0. The quantitative estimate of drug-likeness (QED) is 0.666. The molecule has 0 fully saturated rings. The number of halogens is 2. The van der Waals surface area contributed by atoms with E-state index in [1.165, 1.54) is 11.3 Å². The number of hydrogen-bond acceptors (Lipinski definition) is 2. The van der Waals surface area contributed by atoms with Crippen LogP contribution < -0.4 is 0 Å². The smallest absolute Gasteiger partial charge is 0.102 e. The Morgan fingerprint density at radius 2 is 2.15 bits per heavy atom. The topological polar surface area (TPSA) is 23.8 Å². The maximum Gasteiger partial charge on any atom is 0.102 e. The molecular formula is C9H3Cl2NS. The lowest BCUT2D eigenvalue weighted by Gasteiger charge is -1.99. The van der Waals surface area contributed by atoms with Crippen molar-refractivity contribution in [3.05, 3.63) is 33.1 Å². The van der Waals surface area contributed by atoms with Gasteiger partial charge in [-0.1, -0.05) is 23.2 Å². The highest BCUT2D eigenvalue weighted by atomic mass is 35.5. The fourth-order valence-corrected chi connectivity index (χ4v) is 2.65. The predicted molar refractivity (Wildman–Crippen MR) is 56.6 cm³/mol. The van der Waals surface area contributed by atoms with Crippen molar-refractivity contribution in [3.63, 3.8) is 0 Å². The molecule has 1 heterocycles. The molecule has 0 aliphatic rings. The third kappa shape index (κ3) is 1.30. The van der Waals surface area contributed by atoms with Crippen LogP contribution in [0.4, 0.5) is 0 Å². The summed E-state index contributed by atoms with van der Waals surface area (Å²) >= 11 is 13.4. The van der Waals surface area contributed by atoms with Gasteiger partial charge in [0.15, 0.2) is 0 Å². The fourth-order valence-electron chi connectivity index (χ4n) is 1.14. The Bertz CT molecular complexity index is 510. The van der Waals surface area contributed by atoms with Gasteiger partial charge in [0.1, 0.15) is 6.07 Å². The van der Waals surface area contributed by atoms with Crippen molar-refractivity contribution in [2.45, 2.75) is 0 Å². The van der Waals surface area contributed by atoms with Crippen LogP contribution in [0, 0.1) is 11.3 Å². The Labute approximate surface area is 89.1 Å². The van der Waals surface area contributed by atoms with E-state index in [9.17, 15) is 0 Å². The zero-order valence-corrected chi connectivity index (χ0v) is 8.67. The lowest BCUT2D eigenvalue weighted by atomic mass is 10.2. The number of nitriles is 1. The van der Waals surface area contributed by atoms with Crippen molar-refractivity contribution in [2.75, 3.05) is 0 Å². The van der Waals surface area contributed by atoms with Crippen LogP contribution in [0.2, 0.25) is 10.0 Å². The maximum absolute atomic E-state index is 8.78. The van der Waals surface area contributed by atoms with E-state index in [2.05, 4.69) is 0 Å². The van der Waals surface area contributed by atoms with Crippen LogP contribution in [0.15, 0.2) is 17.5 Å². The summed E-state index contributed by atoms with van der Waals surface area (Å²) in [6, 6.07) is 5.68. The molecule has 0 atom stereocenters. The molecule has 4 heteroatoms. The Morgan fingerprint density at radius 3 is 2.85 bits per heavy atom. The van der Waals surface area contributed by atoms with Crippen molar-refractivity contribution in [3.8, 4) is 6.07 Å². The van der Waals surface area contributed by atoms with Crippen LogP contribution in [0.1, 0.15) is 5.56 Å². The Kier molecular flexibility index (Phi) is 2.17. The molecule has 0 saturated carbocycles. The maximum atomic E-state index is 8.78. The summed E-state index contributed by atoms with van der Waals surface area (Å²) in [4.78, 5) is 0. The standard InChI is InChI=1S/C9H3Cl2NS/c10-7-3-5-1-2-13-9(5)8(11)6(7)4-12/h1-3H. The van der Waals surface area contributed by atoms with Gasteiger partial charge < -0.3 is 0 Å². The molecule has 0 radical (unpaired) electrons. The first-order chi connectivity index (χ1) is 6.24. The molecule has 0 N–H and O–H groups in total. The van der Waals surface area contributed by atoms with Gasteiger partial charge in [-0.05, 0) is 22.9 Å². The number of thiophene rings is 1.